The Bertz CT molecular complexity index is 1110. The molecule has 0 bridgehead atoms. The maximum atomic E-state index is 13.1. The Balaban J connectivity index is 1.55. The molecule has 0 fully saturated rings. The molecule has 4 rings (SSSR count). The van der Waals surface area contributed by atoms with Crippen molar-refractivity contribution in [2.45, 2.75) is 19.4 Å². The van der Waals surface area contributed by atoms with E-state index in [0.717, 1.165) is 16.7 Å². The van der Waals surface area contributed by atoms with E-state index in [1.807, 2.05) is 36.4 Å². The van der Waals surface area contributed by atoms with Gasteiger partial charge in [-0.1, -0.05) is 42.5 Å². The maximum absolute atomic E-state index is 13.1. The number of hydrogen-bond acceptors (Lipinski definition) is 5. The van der Waals surface area contributed by atoms with Crippen molar-refractivity contribution in [2.75, 3.05) is 5.32 Å². The Hall–Kier alpha value is -3.87. The molecule has 0 aliphatic heterocycles. The van der Waals surface area contributed by atoms with Gasteiger partial charge in [-0.2, -0.15) is 9.67 Å². The van der Waals surface area contributed by atoms with Gasteiger partial charge in [0.2, 0.25) is 11.9 Å². The molecule has 150 valence electrons. The zero-order chi connectivity index (χ0) is 20.8. The van der Waals surface area contributed by atoms with E-state index in [1.165, 1.54) is 16.8 Å². The van der Waals surface area contributed by atoms with Gasteiger partial charge in [0, 0.05) is 30.9 Å². The highest BCUT2D eigenvalue weighted by Gasteiger charge is 2.17. The van der Waals surface area contributed by atoms with Crippen LogP contribution >= 0.6 is 0 Å². The number of carbonyl (C=O) groups is 1. The monoisotopic (exact) mass is 401 g/mol. The minimum atomic E-state index is -0.295. The first-order valence-corrected chi connectivity index (χ1v) is 9.62. The highest BCUT2D eigenvalue weighted by Crippen LogP contribution is 2.18. The molecule has 0 saturated heterocycles. The number of benzene rings is 2. The van der Waals surface area contributed by atoms with Crippen molar-refractivity contribution < 1.29 is 9.18 Å². The van der Waals surface area contributed by atoms with Gasteiger partial charge in [0.1, 0.15) is 5.82 Å². The third-order valence-electron chi connectivity index (χ3n) is 4.60. The first-order chi connectivity index (χ1) is 14.7. The molecule has 6 nitrogen and oxygen atoms in total. The molecule has 0 radical (unpaired) electrons. The van der Waals surface area contributed by atoms with E-state index in [9.17, 15) is 9.18 Å². The van der Waals surface area contributed by atoms with Gasteiger partial charge in [-0.25, -0.2) is 4.39 Å². The van der Waals surface area contributed by atoms with Crippen molar-refractivity contribution in [2.24, 2.45) is 0 Å². The lowest BCUT2D eigenvalue weighted by atomic mass is 10.1. The van der Waals surface area contributed by atoms with E-state index in [0.29, 0.717) is 31.2 Å². The van der Waals surface area contributed by atoms with Crippen molar-refractivity contribution in [1.29, 1.82) is 0 Å². The molecule has 4 aromatic rings. The molecule has 2 aromatic heterocycles. The SMILES string of the molecule is O=C(CCc1ccccc1)n1nc(-c2cccnc2)nc1NCc1ccc(F)cc1. The predicted molar refractivity (Wildman–Crippen MR) is 112 cm³/mol. The number of nitrogens with one attached hydrogen (secondary N) is 1. The molecule has 7 heteroatoms. The first kappa shape index (κ1) is 19.4. The topological polar surface area (TPSA) is 72.7 Å². The third-order valence-corrected chi connectivity index (χ3v) is 4.60. The fourth-order valence-electron chi connectivity index (χ4n) is 3.00. The zero-order valence-corrected chi connectivity index (χ0v) is 16.2. The normalized spacial score (nSPS) is 10.7. The van der Waals surface area contributed by atoms with E-state index in [1.54, 1.807) is 30.6 Å². The quantitative estimate of drug-likeness (QED) is 0.498. The summed E-state index contributed by atoms with van der Waals surface area (Å²) in [6.45, 7) is 0.386. The van der Waals surface area contributed by atoms with E-state index >= 15 is 0 Å². The standard InChI is InChI=1S/C23H20FN5O/c24-20-11-8-18(9-12-20)15-26-23-27-22(19-7-4-14-25-16-19)28-29(23)21(30)13-10-17-5-2-1-3-6-17/h1-9,11-12,14,16H,10,13,15H2,(H,26,27,28). The van der Waals surface area contributed by atoms with Gasteiger partial charge in [-0.15, -0.1) is 5.10 Å². The minimum absolute atomic E-state index is 0.164. The summed E-state index contributed by atoms with van der Waals surface area (Å²) in [4.78, 5) is 21.5. The Morgan fingerprint density at radius 1 is 0.967 bits per heavy atom. The summed E-state index contributed by atoms with van der Waals surface area (Å²) in [5.74, 6) is 0.300. The molecule has 0 aliphatic carbocycles. The van der Waals surface area contributed by atoms with Crippen LogP contribution in [0.3, 0.4) is 0 Å². The lowest BCUT2D eigenvalue weighted by Crippen LogP contribution is -2.17. The van der Waals surface area contributed by atoms with Crippen molar-refractivity contribution in [3.05, 3.63) is 96.1 Å². The lowest BCUT2D eigenvalue weighted by molar-refractivity contribution is 0.0890. The summed E-state index contributed by atoms with van der Waals surface area (Å²) in [7, 11) is 0. The van der Waals surface area contributed by atoms with Crippen LogP contribution in [0.5, 0.6) is 0 Å². The minimum Gasteiger partial charge on any atom is -0.350 e. The van der Waals surface area contributed by atoms with Gasteiger partial charge in [-0.3, -0.25) is 9.78 Å². The van der Waals surface area contributed by atoms with Crippen LogP contribution in [0.2, 0.25) is 0 Å². The Kier molecular flexibility index (Phi) is 5.89. The van der Waals surface area contributed by atoms with Crippen LogP contribution in [-0.4, -0.2) is 25.7 Å². The molecule has 0 amide bonds. The number of nitrogens with zero attached hydrogens (tertiary/aromatic N) is 4. The molecule has 0 aliphatic rings. The van der Waals surface area contributed by atoms with Crippen LogP contribution in [0.1, 0.15) is 22.3 Å². The van der Waals surface area contributed by atoms with Gasteiger partial charge in [0.05, 0.1) is 0 Å². The largest absolute Gasteiger partial charge is 0.350 e. The second-order valence-corrected chi connectivity index (χ2v) is 6.77. The van der Waals surface area contributed by atoms with E-state index in [2.05, 4.69) is 20.4 Å². The molecule has 0 spiro atoms. The Labute approximate surface area is 173 Å². The van der Waals surface area contributed by atoms with Crippen molar-refractivity contribution in [1.82, 2.24) is 19.7 Å². The van der Waals surface area contributed by atoms with E-state index < -0.39 is 0 Å². The molecule has 30 heavy (non-hydrogen) atoms. The maximum Gasteiger partial charge on any atom is 0.250 e. The smallest absolute Gasteiger partial charge is 0.250 e. The van der Waals surface area contributed by atoms with Crippen LogP contribution < -0.4 is 5.32 Å². The number of hydrogen-bond donors (Lipinski definition) is 1. The number of aromatic nitrogens is 4. The van der Waals surface area contributed by atoms with Crippen LogP contribution in [0.15, 0.2) is 79.1 Å². The number of anilines is 1. The summed E-state index contributed by atoms with van der Waals surface area (Å²) in [5, 5.41) is 7.56. The van der Waals surface area contributed by atoms with E-state index in [4.69, 9.17) is 0 Å². The Morgan fingerprint density at radius 3 is 2.50 bits per heavy atom. The van der Waals surface area contributed by atoms with Gasteiger partial charge in [0.15, 0.2) is 5.82 Å². The predicted octanol–water partition coefficient (Wildman–Crippen LogP) is 4.36. The summed E-state index contributed by atoms with van der Waals surface area (Å²) in [6, 6.07) is 19.6. The van der Waals surface area contributed by atoms with Crippen LogP contribution in [0.25, 0.3) is 11.4 Å². The Morgan fingerprint density at radius 2 is 1.77 bits per heavy atom. The molecule has 2 aromatic carbocycles. The molecular formula is C23H20FN5O. The van der Waals surface area contributed by atoms with Crippen LogP contribution in [0, 0.1) is 5.82 Å². The fourth-order valence-corrected chi connectivity index (χ4v) is 3.00. The average Bonchev–Trinajstić information content (AvgIpc) is 3.23. The number of pyridine rings is 1. The molecule has 0 saturated carbocycles. The first-order valence-electron chi connectivity index (χ1n) is 9.62. The highest BCUT2D eigenvalue weighted by molar-refractivity contribution is 5.81. The highest BCUT2D eigenvalue weighted by atomic mass is 19.1. The average molecular weight is 401 g/mol. The van der Waals surface area contributed by atoms with Gasteiger partial charge in [0.25, 0.3) is 0 Å². The number of halogens is 1. The summed E-state index contributed by atoms with van der Waals surface area (Å²) >= 11 is 0. The molecular weight excluding hydrogens is 381 g/mol. The molecule has 0 atom stereocenters. The van der Waals surface area contributed by atoms with Gasteiger partial charge in [-0.05, 0) is 41.8 Å². The summed E-state index contributed by atoms with van der Waals surface area (Å²) < 4.78 is 14.4. The van der Waals surface area contributed by atoms with Gasteiger partial charge >= 0.3 is 0 Å². The van der Waals surface area contributed by atoms with E-state index in [-0.39, 0.29) is 11.7 Å². The second kappa shape index (κ2) is 9.09. The number of carbonyl (C=O) groups excluding carboxylic acids is 1. The zero-order valence-electron chi connectivity index (χ0n) is 16.2. The molecule has 0 unspecified atom stereocenters. The van der Waals surface area contributed by atoms with Crippen molar-refractivity contribution in [3.63, 3.8) is 0 Å². The third kappa shape index (κ3) is 4.75. The summed E-state index contributed by atoms with van der Waals surface area (Å²) in [5.41, 5.74) is 2.67. The van der Waals surface area contributed by atoms with Crippen LogP contribution in [0.4, 0.5) is 10.3 Å². The van der Waals surface area contributed by atoms with Crippen molar-refractivity contribution >= 4 is 11.9 Å². The lowest BCUT2D eigenvalue weighted by Gasteiger charge is -2.07. The van der Waals surface area contributed by atoms with Crippen LogP contribution in [-0.2, 0) is 13.0 Å². The second-order valence-electron chi connectivity index (χ2n) is 6.77. The summed E-state index contributed by atoms with van der Waals surface area (Å²) in [6.07, 6.45) is 4.22. The van der Waals surface area contributed by atoms with Gasteiger partial charge < -0.3 is 5.32 Å². The fraction of sp³-hybridized carbons (Fsp3) is 0.130. The number of rotatable bonds is 7. The molecule has 1 N–H and O–H groups in total. The number of aryl methyl sites for hydroxylation is 1. The van der Waals surface area contributed by atoms with Crippen molar-refractivity contribution in [3.8, 4) is 11.4 Å². The molecule has 2 heterocycles.